The van der Waals surface area contributed by atoms with Gasteiger partial charge in [-0.3, -0.25) is 4.21 Å². The molecule has 0 heterocycles. The lowest BCUT2D eigenvalue weighted by molar-refractivity contribution is 0.201. The Hall–Kier alpha value is -1.85. The van der Waals surface area contributed by atoms with E-state index in [1.165, 1.54) is 0 Å². The minimum absolute atomic E-state index is 0.0124. The zero-order chi connectivity index (χ0) is 15.1. The number of hydrogen-bond acceptors (Lipinski definition) is 4. The molecule has 1 unspecified atom stereocenters. The van der Waals surface area contributed by atoms with Crippen molar-refractivity contribution in [3.8, 4) is 5.75 Å². The first-order valence-electron chi connectivity index (χ1n) is 6.69. The van der Waals surface area contributed by atoms with E-state index in [1.807, 2.05) is 48.5 Å². The summed E-state index contributed by atoms with van der Waals surface area (Å²) in [6, 6.07) is 15.3. The van der Waals surface area contributed by atoms with Crippen molar-refractivity contribution in [2.24, 2.45) is 0 Å². The highest BCUT2D eigenvalue weighted by molar-refractivity contribution is 7.84. The minimum atomic E-state index is -0.935. The first-order chi connectivity index (χ1) is 10.2. The van der Waals surface area contributed by atoms with Crippen LogP contribution in [0.1, 0.15) is 5.56 Å². The van der Waals surface area contributed by atoms with Crippen molar-refractivity contribution in [1.82, 2.24) is 0 Å². The lowest BCUT2D eigenvalue weighted by Gasteiger charge is -2.09. The molecule has 21 heavy (non-hydrogen) atoms. The van der Waals surface area contributed by atoms with Gasteiger partial charge in [-0.25, -0.2) is 0 Å². The standard InChI is InChI=1S/C16H19NO3S/c1-21(19)16-8-2-13(3-9-16)12-17-14-4-6-15(7-5-14)20-11-10-18/h2-9,17-18H,10-12H2,1H3. The van der Waals surface area contributed by atoms with Crippen LogP contribution in [0.2, 0.25) is 0 Å². The molecule has 2 aromatic rings. The second-order valence-electron chi connectivity index (χ2n) is 4.55. The lowest BCUT2D eigenvalue weighted by Crippen LogP contribution is -2.02. The zero-order valence-corrected chi connectivity index (χ0v) is 12.7. The van der Waals surface area contributed by atoms with Crippen LogP contribution in [-0.2, 0) is 17.3 Å². The average Bonchev–Trinajstić information content (AvgIpc) is 2.52. The van der Waals surface area contributed by atoms with Crippen molar-refractivity contribution < 1.29 is 14.1 Å². The summed E-state index contributed by atoms with van der Waals surface area (Å²) in [5.74, 6) is 0.740. The molecule has 2 rings (SSSR count). The summed E-state index contributed by atoms with van der Waals surface area (Å²) < 4.78 is 16.6. The molecular weight excluding hydrogens is 286 g/mol. The number of anilines is 1. The Balaban J connectivity index is 1.88. The molecule has 5 heteroatoms. The van der Waals surface area contributed by atoms with Gasteiger partial charge in [0.2, 0.25) is 0 Å². The molecule has 112 valence electrons. The van der Waals surface area contributed by atoms with Crippen molar-refractivity contribution in [3.63, 3.8) is 0 Å². The predicted octanol–water partition coefficient (Wildman–Crippen LogP) is 2.41. The van der Waals surface area contributed by atoms with E-state index in [-0.39, 0.29) is 6.61 Å². The minimum Gasteiger partial charge on any atom is -0.491 e. The van der Waals surface area contributed by atoms with Gasteiger partial charge < -0.3 is 15.2 Å². The first kappa shape index (κ1) is 15.5. The second-order valence-corrected chi connectivity index (χ2v) is 5.93. The Bertz CT molecular complexity index is 581. The normalized spacial score (nSPS) is 11.9. The van der Waals surface area contributed by atoms with Gasteiger partial charge in [-0.05, 0) is 42.0 Å². The molecule has 4 nitrogen and oxygen atoms in total. The first-order valence-corrected chi connectivity index (χ1v) is 8.25. The Kier molecular flexibility index (Phi) is 5.78. The quantitative estimate of drug-likeness (QED) is 0.825. The summed E-state index contributed by atoms with van der Waals surface area (Å²) in [5.41, 5.74) is 2.12. The van der Waals surface area contributed by atoms with Crippen LogP contribution in [0.5, 0.6) is 5.75 Å². The molecule has 2 aromatic carbocycles. The van der Waals surface area contributed by atoms with E-state index in [0.29, 0.717) is 13.2 Å². The van der Waals surface area contributed by atoms with Crippen molar-refractivity contribution in [2.75, 3.05) is 24.8 Å². The highest BCUT2D eigenvalue weighted by atomic mass is 32.2. The third-order valence-electron chi connectivity index (χ3n) is 2.97. The zero-order valence-electron chi connectivity index (χ0n) is 11.9. The van der Waals surface area contributed by atoms with Gasteiger partial charge in [0.25, 0.3) is 0 Å². The highest BCUT2D eigenvalue weighted by Crippen LogP contribution is 2.16. The number of aliphatic hydroxyl groups is 1. The van der Waals surface area contributed by atoms with E-state index in [0.717, 1.165) is 21.9 Å². The Morgan fingerprint density at radius 3 is 2.33 bits per heavy atom. The van der Waals surface area contributed by atoms with Gasteiger partial charge in [0.1, 0.15) is 12.4 Å². The van der Waals surface area contributed by atoms with Crippen LogP contribution in [0.15, 0.2) is 53.4 Å². The van der Waals surface area contributed by atoms with Gasteiger partial charge >= 0.3 is 0 Å². The van der Waals surface area contributed by atoms with Crippen LogP contribution in [0, 0.1) is 0 Å². The molecule has 0 aromatic heterocycles. The van der Waals surface area contributed by atoms with E-state index >= 15 is 0 Å². The molecule has 0 saturated heterocycles. The van der Waals surface area contributed by atoms with E-state index in [9.17, 15) is 4.21 Å². The van der Waals surface area contributed by atoms with Gasteiger partial charge in [0, 0.05) is 34.2 Å². The molecule has 0 radical (unpaired) electrons. The smallest absolute Gasteiger partial charge is 0.119 e. The van der Waals surface area contributed by atoms with Crippen LogP contribution >= 0.6 is 0 Å². The SMILES string of the molecule is CS(=O)c1ccc(CNc2ccc(OCCO)cc2)cc1. The fraction of sp³-hybridized carbons (Fsp3) is 0.250. The summed E-state index contributed by atoms with van der Waals surface area (Å²) in [6.07, 6.45) is 1.67. The Morgan fingerprint density at radius 2 is 1.76 bits per heavy atom. The van der Waals surface area contributed by atoms with E-state index in [2.05, 4.69) is 5.32 Å². The van der Waals surface area contributed by atoms with Crippen molar-refractivity contribution in [3.05, 3.63) is 54.1 Å². The number of hydrogen-bond donors (Lipinski definition) is 2. The van der Waals surface area contributed by atoms with E-state index in [1.54, 1.807) is 6.26 Å². The van der Waals surface area contributed by atoms with Crippen molar-refractivity contribution >= 4 is 16.5 Å². The summed E-state index contributed by atoms with van der Waals surface area (Å²) in [4.78, 5) is 0.837. The van der Waals surface area contributed by atoms with Crippen LogP contribution in [0.4, 0.5) is 5.69 Å². The molecule has 1 atom stereocenters. The van der Waals surface area contributed by atoms with E-state index < -0.39 is 10.8 Å². The van der Waals surface area contributed by atoms with Gasteiger partial charge in [-0.15, -0.1) is 0 Å². The molecule has 0 saturated carbocycles. The number of aliphatic hydroxyl groups excluding tert-OH is 1. The molecule has 0 amide bonds. The van der Waals surface area contributed by atoms with Crippen LogP contribution in [-0.4, -0.2) is 28.8 Å². The summed E-state index contributed by atoms with van der Waals surface area (Å²) in [7, 11) is -0.935. The molecular formula is C16H19NO3S. The van der Waals surface area contributed by atoms with Gasteiger partial charge in [0.05, 0.1) is 6.61 Å². The molecule has 0 aliphatic heterocycles. The van der Waals surface area contributed by atoms with Crippen LogP contribution in [0.3, 0.4) is 0 Å². The largest absolute Gasteiger partial charge is 0.491 e. The van der Waals surface area contributed by atoms with Crippen LogP contribution < -0.4 is 10.1 Å². The third kappa shape index (κ3) is 4.88. The van der Waals surface area contributed by atoms with Crippen molar-refractivity contribution in [2.45, 2.75) is 11.4 Å². The molecule has 0 aliphatic carbocycles. The average molecular weight is 305 g/mol. The number of ether oxygens (including phenoxy) is 1. The highest BCUT2D eigenvalue weighted by Gasteiger charge is 1.99. The van der Waals surface area contributed by atoms with E-state index in [4.69, 9.17) is 9.84 Å². The molecule has 0 bridgehead atoms. The maximum atomic E-state index is 11.3. The van der Waals surface area contributed by atoms with Gasteiger partial charge in [-0.2, -0.15) is 0 Å². The van der Waals surface area contributed by atoms with Gasteiger partial charge in [0.15, 0.2) is 0 Å². The fourth-order valence-electron chi connectivity index (χ4n) is 1.84. The molecule has 0 fully saturated rings. The Labute approximate surface area is 127 Å². The summed E-state index contributed by atoms with van der Waals surface area (Å²) in [6.45, 7) is 1.02. The topological polar surface area (TPSA) is 58.6 Å². The molecule has 2 N–H and O–H groups in total. The van der Waals surface area contributed by atoms with Crippen molar-refractivity contribution in [1.29, 1.82) is 0 Å². The number of rotatable bonds is 7. The van der Waals surface area contributed by atoms with Crippen LogP contribution in [0.25, 0.3) is 0 Å². The summed E-state index contributed by atoms with van der Waals surface area (Å²) >= 11 is 0. The monoisotopic (exact) mass is 305 g/mol. The summed E-state index contributed by atoms with van der Waals surface area (Å²) in [5, 5.41) is 12.0. The third-order valence-corrected chi connectivity index (χ3v) is 3.90. The Morgan fingerprint density at radius 1 is 1.10 bits per heavy atom. The lowest BCUT2D eigenvalue weighted by atomic mass is 10.2. The number of benzene rings is 2. The second kappa shape index (κ2) is 7.81. The maximum Gasteiger partial charge on any atom is 0.119 e. The predicted molar refractivity (Wildman–Crippen MR) is 85.1 cm³/mol. The molecule has 0 aliphatic rings. The maximum absolute atomic E-state index is 11.3. The number of nitrogens with one attached hydrogen (secondary N) is 1. The van der Waals surface area contributed by atoms with Gasteiger partial charge in [-0.1, -0.05) is 12.1 Å². The fourth-order valence-corrected chi connectivity index (χ4v) is 2.35. The molecule has 0 spiro atoms.